The minimum atomic E-state index is -0.715. The van der Waals surface area contributed by atoms with Gasteiger partial charge in [-0.1, -0.05) is 6.07 Å². The van der Waals surface area contributed by atoms with Crippen LogP contribution in [-0.4, -0.2) is 69.1 Å². The highest BCUT2D eigenvalue weighted by Crippen LogP contribution is 2.35. The van der Waals surface area contributed by atoms with E-state index in [1.807, 2.05) is 16.7 Å². The quantitative estimate of drug-likeness (QED) is 0.575. The van der Waals surface area contributed by atoms with E-state index in [9.17, 15) is 18.8 Å². The van der Waals surface area contributed by atoms with Gasteiger partial charge in [-0.05, 0) is 30.2 Å². The fourth-order valence-corrected chi connectivity index (χ4v) is 5.35. The summed E-state index contributed by atoms with van der Waals surface area (Å²) in [6.07, 6.45) is 6.27. The number of pyridine rings is 1. The van der Waals surface area contributed by atoms with Crippen LogP contribution >= 0.6 is 0 Å². The van der Waals surface area contributed by atoms with Gasteiger partial charge in [-0.3, -0.25) is 24.6 Å². The number of amides is 3. The predicted molar refractivity (Wildman–Crippen MR) is 125 cm³/mol. The number of rotatable bonds is 4. The second-order valence-corrected chi connectivity index (χ2v) is 9.34. The summed E-state index contributed by atoms with van der Waals surface area (Å²) in [7, 11) is 0. The molecule has 3 aliphatic rings. The number of halogens is 1. The number of imidazole rings is 1. The number of hydrogen-bond acceptors (Lipinski definition) is 6. The summed E-state index contributed by atoms with van der Waals surface area (Å²) in [6, 6.07) is 6.13. The van der Waals surface area contributed by atoms with Gasteiger partial charge in [0.15, 0.2) is 0 Å². The van der Waals surface area contributed by atoms with Gasteiger partial charge in [-0.25, -0.2) is 9.37 Å². The molecule has 2 saturated heterocycles. The second kappa shape index (κ2) is 8.46. The summed E-state index contributed by atoms with van der Waals surface area (Å²) < 4.78 is 16.6. The van der Waals surface area contributed by atoms with Gasteiger partial charge in [-0.15, -0.1) is 0 Å². The van der Waals surface area contributed by atoms with Crippen molar-refractivity contribution in [1.29, 1.82) is 0 Å². The lowest BCUT2D eigenvalue weighted by molar-refractivity contribution is -0.136. The summed E-state index contributed by atoms with van der Waals surface area (Å²) in [6.45, 7) is 4.06. The number of piperazine rings is 1. The van der Waals surface area contributed by atoms with E-state index in [-0.39, 0.29) is 31.2 Å². The molecule has 2 aromatic heterocycles. The smallest absolute Gasteiger partial charge is 0.255 e. The van der Waals surface area contributed by atoms with Crippen LogP contribution < -0.4 is 10.2 Å². The first kappa shape index (κ1) is 21.7. The summed E-state index contributed by atoms with van der Waals surface area (Å²) >= 11 is 0. The van der Waals surface area contributed by atoms with Crippen molar-refractivity contribution in [3.8, 4) is 0 Å². The highest BCUT2D eigenvalue weighted by Gasteiger charge is 2.41. The molecular formula is C25H25FN6O3. The Bertz CT molecular complexity index is 1350. The van der Waals surface area contributed by atoms with Gasteiger partial charge in [0.25, 0.3) is 5.91 Å². The molecule has 0 aliphatic carbocycles. The van der Waals surface area contributed by atoms with Crippen LogP contribution in [0.15, 0.2) is 42.9 Å². The number of carbonyl (C=O) groups excluding carboxylic acids is 3. The van der Waals surface area contributed by atoms with E-state index in [2.05, 4.69) is 32.4 Å². The number of nitrogens with one attached hydrogen (secondary N) is 1. The molecule has 1 N–H and O–H groups in total. The summed E-state index contributed by atoms with van der Waals surface area (Å²) in [4.78, 5) is 47.2. The number of hydrogen-bond donors (Lipinski definition) is 1. The van der Waals surface area contributed by atoms with Gasteiger partial charge in [-0.2, -0.15) is 0 Å². The number of anilines is 1. The third-order valence-electron chi connectivity index (χ3n) is 7.17. The minimum Gasteiger partial charge on any atom is -0.369 e. The van der Waals surface area contributed by atoms with Crippen LogP contribution in [0.4, 0.5) is 10.1 Å². The maximum atomic E-state index is 14.6. The molecule has 0 bridgehead atoms. The molecule has 1 atom stereocenters. The molecule has 35 heavy (non-hydrogen) atoms. The molecule has 10 heteroatoms. The molecule has 3 aromatic rings. The normalized spacial score (nSPS) is 21.1. The average molecular weight is 477 g/mol. The lowest BCUT2D eigenvalue weighted by Crippen LogP contribution is -2.52. The zero-order valence-electron chi connectivity index (χ0n) is 19.1. The van der Waals surface area contributed by atoms with Gasteiger partial charge in [0.1, 0.15) is 17.5 Å². The van der Waals surface area contributed by atoms with Crippen molar-refractivity contribution >= 4 is 29.1 Å². The SMILES string of the molecule is O=C1CCC(N2Cc3c(cc(F)cc3N3CCN(Cc4ccc5nccn5c4)CC3)C2=O)C(=O)N1. The van der Waals surface area contributed by atoms with E-state index < -0.39 is 17.8 Å². The lowest BCUT2D eigenvalue weighted by Gasteiger charge is -2.37. The largest absolute Gasteiger partial charge is 0.369 e. The van der Waals surface area contributed by atoms with Crippen molar-refractivity contribution < 1.29 is 18.8 Å². The third-order valence-corrected chi connectivity index (χ3v) is 7.17. The molecular weight excluding hydrogens is 451 g/mol. The third kappa shape index (κ3) is 3.93. The van der Waals surface area contributed by atoms with Gasteiger partial charge in [0.05, 0.1) is 0 Å². The van der Waals surface area contributed by atoms with E-state index >= 15 is 0 Å². The van der Waals surface area contributed by atoms with Crippen molar-refractivity contribution in [3.05, 3.63) is 65.4 Å². The van der Waals surface area contributed by atoms with Crippen LogP contribution in [0, 0.1) is 5.82 Å². The van der Waals surface area contributed by atoms with Gasteiger partial charge in [0, 0.05) is 81.1 Å². The summed E-state index contributed by atoms with van der Waals surface area (Å²) in [5, 5.41) is 2.31. The number of fused-ring (bicyclic) bond motifs is 2. The number of piperidine rings is 1. The number of benzene rings is 1. The van der Waals surface area contributed by atoms with Crippen LogP contribution in [-0.2, 0) is 22.7 Å². The molecule has 5 heterocycles. The van der Waals surface area contributed by atoms with Gasteiger partial charge < -0.3 is 14.2 Å². The highest BCUT2D eigenvalue weighted by atomic mass is 19.1. The summed E-state index contributed by atoms with van der Waals surface area (Å²) in [5.41, 5.74) is 3.88. The number of nitrogens with zero attached hydrogens (tertiary/aromatic N) is 5. The monoisotopic (exact) mass is 476 g/mol. The molecule has 1 unspecified atom stereocenters. The Balaban J connectivity index is 1.17. The molecule has 3 amide bonds. The predicted octanol–water partition coefficient (Wildman–Crippen LogP) is 1.56. The maximum Gasteiger partial charge on any atom is 0.255 e. The molecule has 2 fully saturated rings. The van der Waals surface area contributed by atoms with Crippen LogP contribution in [0.2, 0.25) is 0 Å². The Labute approximate surface area is 201 Å². The van der Waals surface area contributed by atoms with Crippen LogP contribution in [0.25, 0.3) is 5.65 Å². The van der Waals surface area contributed by atoms with Crippen LogP contribution in [0.1, 0.15) is 34.3 Å². The first-order chi connectivity index (χ1) is 17.0. The zero-order chi connectivity index (χ0) is 24.1. The Kier molecular flexibility index (Phi) is 5.25. The minimum absolute atomic E-state index is 0.188. The molecule has 0 saturated carbocycles. The topological polar surface area (TPSA) is 90.3 Å². The Morgan fingerprint density at radius 2 is 1.91 bits per heavy atom. The lowest BCUT2D eigenvalue weighted by atomic mass is 10.0. The molecule has 0 spiro atoms. The number of carbonyl (C=O) groups is 3. The number of aromatic nitrogens is 2. The van der Waals surface area contributed by atoms with Crippen molar-refractivity contribution in [2.24, 2.45) is 0 Å². The highest BCUT2D eigenvalue weighted by molar-refractivity contribution is 6.06. The Morgan fingerprint density at radius 1 is 1.09 bits per heavy atom. The van der Waals surface area contributed by atoms with Gasteiger partial charge in [0.2, 0.25) is 11.8 Å². The molecule has 0 radical (unpaired) electrons. The van der Waals surface area contributed by atoms with E-state index in [0.717, 1.165) is 30.8 Å². The molecule has 6 rings (SSSR count). The molecule has 9 nitrogen and oxygen atoms in total. The summed E-state index contributed by atoms with van der Waals surface area (Å²) in [5.74, 6) is -1.62. The van der Waals surface area contributed by atoms with Crippen molar-refractivity contribution in [2.75, 3.05) is 31.1 Å². The fraction of sp³-hybridized carbons (Fsp3) is 0.360. The zero-order valence-corrected chi connectivity index (χ0v) is 19.1. The Morgan fingerprint density at radius 3 is 2.71 bits per heavy atom. The van der Waals surface area contributed by atoms with Crippen molar-refractivity contribution in [2.45, 2.75) is 32.0 Å². The van der Waals surface area contributed by atoms with Crippen LogP contribution in [0.5, 0.6) is 0 Å². The van der Waals surface area contributed by atoms with E-state index in [1.54, 1.807) is 6.20 Å². The van der Waals surface area contributed by atoms with E-state index in [1.165, 1.54) is 22.6 Å². The second-order valence-electron chi connectivity index (χ2n) is 9.34. The first-order valence-corrected chi connectivity index (χ1v) is 11.8. The maximum absolute atomic E-state index is 14.6. The fourth-order valence-electron chi connectivity index (χ4n) is 5.35. The van der Waals surface area contributed by atoms with Crippen molar-refractivity contribution in [3.63, 3.8) is 0 Å². The molecule has 3 aliphatic heterocycles. The van der Waals surface area contributed by atoms with E-state index in [0.29, 0.717) is 24.3 Å². The standard InChI is InChI=1S/C25H25FN6O3/c26-17-11-18-19(15-32(25(18)35)20-2-4-23(33)28-24(20)34)21(12-17)30-9-7-29(8-10-30)13-16-1-3-22-27-5-6-31(22)14-16/h1,3,5-6,11-12,14,20H,2,4,7-10,13,15H2,(H,28,33,34). The first-order valence-electron chi connectivity index (χ1n) is 11.8. The van der Waals surface area contributed by atoms with Gasteiger partial charge >= 0.3 is 0 Å². The average Bonchev–Trinajstić information content (AvgIpc) is 3.44. The molecule has 1 aromatic carbocycles. The molecule has 180 valence electrons. The van der Waals surface area contributed by atoms with Crippen molar-refractivity contribution in [1.82, 2.24) is 24.5 Å². The Hall–Kier alpha value is -3.79. The van der Waals surface area contributed by atoms with E-state index in [4.69, 9.17) is 0 Å². The van der Waals surface area contributed by atoms with Crippen LogP contribution in [0.3, 0.4) is 0 Å². The number of imide groups is 1.